The summed E-state index contributed by atoms with van der Waals surface area (Å²) in [7, 11) is 0. The summed E-state index contributed by atoms with van der Waals surface area (Å²) < 4.78 is 0. The highest BCUT2D eigenvalue weighted by atomic mass is 16.3. The molecule has 6 heteroatoms. The SMILES string of the molecule is Cc1ccc(O)c(N2CC(=O)N(N)C2=O)c1. The number of anilines is 1. The van der Waals surface area contributed by atoms with Crippen LogP contribution in [0.3, 0.4) is 0 Å². The molecule has 1 aliphatic rings. The average Bonchev–Trinajstić information content (AvgIpc) is 2.50. The van der Waals surface area contributed by atoms with E-state index in [0.717, 1.165) is 10.5 Å². The van der Waals surface area contributed by atoms with Crippen molar-refractivity contribution >= 4 is 17.6 Å². The number of benzene rings is 1. The van der Waals surface area contributed by atoms with Gasteiger partial charge in [-0.15, -0.1) is 0 Å². The summed E-state index contributed by atoms with van der Waals surface area (Å²) in [5.41, 5.74) is 1.18. The van der Waals surface area contributed by atoms with E-state index in [4.69, 9.17) is 5.84 Å². The summed E-state index contributed by atoms with van der Waals surface area (Å²) >= 11 is 0. The number of nitrogens with zero attached hydrogens (tertiary/aromatic N) is 2. The van der Waals surface area contributed by atoms with Crippen LogP contribution in [0.25, 0.3) is 0 Å². The third-order valence-electron chi connectivity index (χ3n) is 2.42. The van der Waals surface area contributed by atoms with E-state index in [1.807, 2.05) is 6.92 Å². The van der Waals surface area contributed by atoms with Crippen molar-refractivity contribution in [2.24, 2.45) is 5.84 Å². The number of phenols is 1. The highest BCUT2D eigenvalue weighted by Gasteiger charge is 2.36. The number of phenolic OH excluding ortho intramolecular Hbond substituents is 1. The van der Waals surface area contributed by atoms with Gasteiger partial charge in [0.1, 0.15) is 12.3 Å². The first kappa shape index (κ1) is 10.4. The molecule has 0 spiro atoms. The van der Waals surface area contributed by atoms with E-state index in [9.17, 15) is 14.7 Å². The number of rotatable bonds is 1. The van der Waals surface area contributed by atoms with Crippen LogP contribution in [0.2, 0.25) is 0 Å². The summed E-state index contributed by atoms with van der Waals surface area (Å²) in [6, 6.07) is 4.17. The average molecular weight is 221 g/mol. The third kappa shape index (κ3) is 1.49. The minimum Gasteiger partial charge on any atom is -0.506 e. The van der Waals surface area contributed by atoms with Gasteiger partial charge in [0, 0.05) is 0 Å². The zero-order valence-electron chi connectivity index (χ0n) is 8.67. The molecule has 84 valence electrons. The van der Waals surface area contributed by atoms with Crippen molar-refractivity contribution in [2.75, 3.05) is 11.4 Å². The summed E-state index contributed by atoms with van der Waals surface area (Å²) in [6.07, 6.45) is 0. The molecule has 2 rings (SSSR count). The minimum absolute atomic E-state index is 0.0537. The van der Waals surface area contributed by atoms with E-state index in [-0.39, 0.29) is 12.3 Å². The van der Waals surface area contributed by atoms with E-state index in [1.165, 1.54) is 6.07 Å². The number of aryl methyl sites for hydroxylation is 1. The van der Waals surface area contributed by atoms with Crippen LogP contribution >= 0.6 is 0 Å². The van der Waals surface area contributed by atoms with Crippen LogP contribution in [0, 0.1) is 6.92 Å². The van der Waals surface area contributed by atoms with E-state index in [0.29, 0.717) is 10.7 Å². The van der Waals surface area contributed by atoms with E-state index in [2.05, 4.69) is 0 Å². The molecule has 1 aromatic carbocycles. The topological polar surface area (TPSA) is 86.9 Å². The van der Waals surface area contributed by atoms with Crippen molar-refractivity contribution < 1.29 is 14.7 Å². The fourth-order valence-corrected chi connectivity index (χ4v) is 1.55. The predicted molar refractivity (Wildman–Crippen MR) is 56.6 cm³/mol. The number of carbonyl (C=O) groups is 2. The molecule has 0 saturated carbocycles. The Morgan fingerprint density at radius 3 is 2.62 bits per heavy atom. The van der Waals surface area contributed by atoms with Crippen molar-refractivity contribution in [1.82, 2.24) is 5.01 Å². The van der Waals surface area contributed by atoms with Crippen LogP contribution in [0.4, 0.5) is 10.5 Å². The standard InChI is InChI=1S/C10H11N3O3/c1-6-2-3-8(14)7(4-6)12-5-9(15)13(11)10(12)16/h2-4,14H,5,11H2,1H3. The smallest absolute Gasteiger partial charge is 0.346 e. The van der Waals surface area contributed by atoms with E-state index in [1.54, 1.807) is 12.1 Å². The Balaban J connectivity index is 2.42. The van der Waals surface area contributed by atoms with Crippen LogP contribution in [-0.4, -0.2) is 28.6 Å². The fourth-order valence-electron chi connectivity index (χ4n) is 1.55. The van der Waals surface area contributed by atoms with Gasteiger partial charge in [0.15, 0.2) is 0 Å². The number of imide groups is 1. The van der Waals surface area contributed by atoms with E-state index < -0.39 is 11.9 Å². The molecule has 6 nitrogen and oxygen atoms in total. The largest absolute Gasteiger partial charge is 0.506 e. The number of hydrogen-bond donors (Lipinski definition) is 2. The lowest BCUT2D eigenvalue weighted by Gasteiger charge is -2.16. The Kier molecular flexibility index (Phi) is 2.28. The summed E-state index contributed by atoms with van der Waals surface area (Å²) in [5.74, 6) is 4.70. The first-order chi connectivity index (χ1) is 7.50. The van der Waals surface area contributed by atoms with Crippen LogP contribution in [0.5, 0.6) is 5.75 Å². The number of carbonyl (C=O) groups excluding carboxylic acids is 2. The molecule has 0 aromatic heterocycles. The molecule has 0 atom stereocenters. The normalized spacial score (nSPS) is 16.1. The van der Waals surface area contributed by atoms with Crippen LogP contribution < -0.4 is 10.7 Å². The van der Waals surface area contributed by atoms with Gasteiger partial charge in [0.05, 0.1) is 5.69 Å². The van der Waals surface area contributed by atoms with Crippen molar-refractivity contribution in [3.63, 3.8) is 0 Å². The zero-order chi connectivity index (χ0) is 11.9. The lowest BCUT2D eigenvalue weighted by Crippen LogP contribution is -2.38. The molecule has 1 fully saturated rings. The Bertz CT molecular complexity index is 472. The molecule has 0 aliphatic carbocycles. The van der Waals surface area contributed by atoms with Gasteiger partial charge in [0.2, 0.25) is 0 Å². The summed E-state index contributed by atoms with van der Waals surface area (Å²) in [5, 5.41) is 10.2. The molecular formula is C10H11N3O3. The van der Waals surface area contributed by atoms with Crippen LogP contribution in [0.15, 0.2) is 18.2 Å². The Hall–Kier alpha value is -2.08. The number of urea groups is 1. The zero-order valence-corrected chi connectivity index (χ0v) is 8.67. The molecule has 16 heavy (non-hydrogen) atoms. The van der Waals surface area contributed by atoms with Gasteiger partial charge in [-0.3, -0.25) is 9.69 Å². The van der Waals surface area contributed by atoms with Gasteiger partial charge in [0.25, 0.3) is 5.91 Å². The lowest BCUT2D eigenvalue weighted by atomic mass is 10.2. The lowest BCUT2D eigenvalue weighted by molar-refractivity contribution is -0.125. The van der Waals surface area contributed by atoms with Crippen molar-refractivity contribution in [3.8, 4) is 5.75 Å². The molecule has 1 aliphatic heterocycles. The third-order valence-corrected chi connectivity index (χ3v) is 2.42. The maximum Gasteiger partial charge on any atom is 0.346 e. The van der Waals surface area contributed by atoms with Gasteiger partial charge in [-0.25, -0.2) is 10.6 Å². The fraction of sp³-hybridized carbons (Fsp3) is 0.200. The molecule has 3 amide bonds. The maximum absolute atomic E-state index is 11.6. The number of hydrogen-bond acceptors (Lipinski definition) is 4. The molecule has 0 unspecified atom stereocenters. The monoisotopic (exact) mass is 221 g/mol. The number of amides is 3. The summed E-state index contributed by atoms with van der Waals surface area (Å²) in [6.45, 7) is 1.68. The molecule has 1 saturated heterocycles. The first-order valence-electron chi connectivity index (χ1n) is 4.69. The molecule has 3 N–H and O–H groups in total. The van der Waals surface area contributed by atoms with Gasteiger partial charge in [-0.2, -0.15) is 5.01 Å². The minimum atomic E-state index is -0.633. The highest BCUT2D eigenvalue weighted by molar-refractivity contribution is 6.12. The van der Waals surface area contributed by atoms with Crippen molar-refractivity contribution in [2.45, 2.75) is 6.92 Å². The van der Waals surface area contributed by atoms with Gasteiger partial charge >= 0.3 is 6.03 Å². The predicted octanol–water partition coefficient (Wildman–Crippen LogP) is 0.343. The molecule has 0 bridgehead atoms. The molecule has 1 heterocycles. The molecule has 1 aromatic rings. The number of hydrazine groups is 1. The number of aromatic hydroxyl groups is 1. The summed E-state index contributed by atoms with van der Waals surface area (Å²) in [4.78, 5) is 23.9. The van der Waals surface area contributed by atoms with Gasteiger partial charge < -0.3 is 5.11 Å². The second kappa shape index (κ2) is 3.49. The van der Waals surface area contributed by atoms with Gasteiger partial charge in [-0.05, 0) is 24.6 Å². The second-order valence-electron chi connectivity index (χ2n) is 3.62. The van der Waals surface area contributed by atoms with Crippen molar-refractivity contribution in [3.05, 3.63) is 23.8 Å². The van der Waals surface area contributed by atoms with Crippen molar-refractivity contribution in [1.29, 1.82) is 0 Å². The number of nitrogens with two attached hydrogens (primary N) is 1. The quantitative estimate of drug-likeness (QED) is 0.407. The van der Waals surface area contributed by atoms with E-state index >= 15 is 0 Å². The molecule has 0 radical (unpaired) electrons. The maximum atomic E-state index is 11.6. The Morgan fingerprint density at radius 2 is 2.06 bits per heavy atom. The Morgan fingerprint density at radius 1 is 1.38 bits per heavy atom. The Labute approximate surface area is 91.8 Å². The molecular weight excluding hydrogens is 210 g/mol. The highest BCUT2D eigenvalue weighted by Crippen LogP contribution is 2.30. The van der Waals surface area contributed by atoms with Crippen LogP contribution in [-0.2, 0) is 4.79 Å². The second-order valence-corrected chi connectivity index (χ2v) is 3.62. The van der Waals surface area contributed by atoms with Gasteiger partial charge in [-0.1, -0.05) is 6.07 Å². The van der Waals surface area contributed by atoms with Crippen LogP contribution in [0.1, 0.15) is 5.56 Å². The first-order valence-corrected chi connectivity index (χ1v) is 4.69.